The van der Waals surface area contributed by atoms with Gasteiger partial charge in [-0.2, -0.15) is 0 Å². The predicted molar refractivity (Wildman–Crippen MR) is 91.7 cm³/mol. The van der Waals surface area contributed by atoms with Crippen LogP contribution in [0.25, 0.3) is 0 Å². The fourth-order valence-corrected chi connectivity index (χ4v) is 2.19. The summed E-state index contributed by atoms with van der Waals surface area (Å²) in [5, 5.41) is 14.0. The minimum atomic E-state index is -0.323. The standard InChI is InChI=1S/C17H27N3O3/c1-3-11-20(12-4-2)16(22)14-6-8-15(9-7-14)19-17(23)18-10-5-13-21/h6-9,21H,3-5,10-13H2,1-2H3,(H2,18,19,23). The van der Waals surface area contributed by atoms with E-state index in [1.807, 2.05) is 4.90 Å². The number of anilines is 1. The van der Waals surface area contributed by atoms with Gasteiger partial charge in [0, 0.05) is 37.5 Å². The lowest BCUT2D eigenvalue weighted by atomic mass is 10.1. The Balaban J connectivity index is 2.61. The second-order valence-electron chi connectivity index (χ2n) is 5.33. The number of hydrogen-bond acceptors (Lipinski definition) is 3. The van der Waals surface area contributed by atoms with Crippen molar-refractivity contribution in [3.8, 4) is 0 Å². The zero-order valence-corrected chi connectivity index (χ0v) is 14.0. The van der Waals surface area contributed by atoms with Gasteiger partial charge in [-0.1, -0.05) is 13.8 Å². The number of nitrogens with one attached hydrogen (secondary N) is 2. The average Bonchev–Trinajstić information content (AvgIpc) is 2.55. The molecule has 0 saturated carbocycles. The van der Waals surface area contributed by atoms with Gasteiger partial charge in [0.05, 0.1) is 0 Å². The number of urea groups is 1. The first-order valence-electron chi connectivity index (χ1n) is 8.17. The summed E-state index contributed by atoms with van der Waals surface area (Å²) in [6.45, 7) is 6.07. The van der Waals surface area contributed by atoms with Crippen molar-refractivity contribution in [2.45, 2.75) is 33.1 Å². The highest BCUT2D eigenvalue weighted by Crippen LogP contribution is 2.12. The van der Waals surface area contributed by atoms with Crippen molar-refractivity contribution in [2.24, 2.45) is 0 Å². The number of rotatable bonds is 9. The molecule has 0 aliphatic carbocycles. The second kappa shape index (κ2) is 10.6. The Bertz CT molecular complexity index is 482. The quantitative estimate of drug-likeness (QED) is 0.611. The van der Waals surface area contributed by atoms with Crippen LogP contribution in [0.1, 0.15) is 43.5 Å². The number of carbonyl (C=O) groups excluding carboxylic acids is 2. The van der Waals surface area contributed by atoms with E-state index in [1.54, 1.807) is 24.3 Å². The summed E-state index contributed by atoms with van der Waals surface area (Å²) in [5.74, 6) is 0.0210. The summed E-state index contributed by atoms with van der Waals surface area (Å²) >= 11 is 0. The van der Waals surface area contributed by atoms with Crippen molar-refractivity contribution in [3.63, 3.8) is 0 Å². The summed E-state index contributed by atoms with van der Waals surface area (Å²) in [6.07, 6.45) is 2.38. The van der Waals surface area contributed by atoms with Crippen molar-refractivity contribution in [3.05, 3.63) is 29.8 Å². The van der Waals surface area contributed by atoms with Crippen LogP contribution in [0.4, 0.5) is 10.5 Å². The van der Waals surface area contributed by atoms with Gasteiger partial charge in [-0.15, -0.1) is 0 Å². The molecule has 128 valence electrons. The van der Waals surface area contributed by atoms with Gasteiger partial charge in [0.15, 0.2) is 0 Å². The molecule has 3 N–H and O–H groups in total. The maximum absolute atomic E-state index is 12.4. The fourth-order valence-electron chi connectivity index (χ4n) is 2.19. The molecule has 23 heavy (non-hydrogen) atoms. The lowest BCUT2D eigenvalue weighted by molar-refractivity contribution is 0.0755. The van der Waals surface area contributed by atoms with E-state index in [0.29, 0.717) is 24.2 Å². The first kappa shape index (κ1) is 19.0. The third-order valence-electron chi connectivity index (χ3n) is 3.28. The molecule has 3 amide bonds. The maximum atomic E-state index is 12.4. The number of hydrogen-bond donors (Lipinski definition) is 3. The highest BCUT2D eigenvalue weighted by molar-refractivity contribution is 5.95. The monoisotopic (exact) mass is 321 g/mol. The largest absolute Gasteiger partial charge is 0.396 e. The SMILES string of the molecule is CCCN(CCC)C(=O)c1ccc(NC(=O)NCCCO)cc1. The van der Waals surface area contributed by atoms with Crippen LogP contribution in [-0.2, 0) is 0 Å². The molecular formula is C17H27N3O3. The summed E-state index contributed by atoms with van der Waals surface area (Å²) in [4.78, 5) is 25.9. The van der Waals surface area contributed by atoms with E-state index < -0.39 is 0 Å². The van der Waals surface area contributed by atoms with Crippen LogP contribution < -0.4 is 10.6 Å². The Labute approximate surface area is 137 Å². The highest BCUT2D eigenvalue weighted by atomic mass is 16.3. The van der Waals surface area contributed by atoms with E-state index in [4.69, 9.17) is 5.11 Å². The van der Waals surface area contributed by atoms with Crippen molar-refractivity contribution in [2.75, 3.05) is 31.6 Å². The minimum Gasteiger partial charge on any atom is -0.396 e. The lowest BCUT2D eigenvalue weighted by Crippen LogP contribution is -2.32. The minimum absolute atomic E-state index is 0.0210. The number of amides is 3. The van der Waals surface area contributed by atoms with Gasteiger partial charge < -0.3 is 20.6 Å². The van der Waals surface area contributed by atoms with Gasteiger partial charge >= 0.3 is 6.03 Å². The molecule has 0 spiro atoms. The number of nitrogens with zero attached hydrogens (tertiary/aromatic N) is 1. The summed E-state index contributed by atoms with van der Waals surface area (Å²) in [7, 11) is 0. The third-order valence-corrected chi connectivity index (χ3v) is 3.28. The van der Waals surface area contributed by atoms with Gasteiger partial charge in [0.25, 0.3) is 5.91 Å². The average molecular weight is 321 g/mol. The van der Waals surface area contributed by atoms with E-state index in [9.17, 15) is 9.59 Å². The van der Waals surface area contributed by atoms with Crippen LogP contribution >= 0.6 is 0 Å². The number of aliphatic hydroxyl groups is 1. The molecule has 0 aliphatic heterocycles. The molecule has 0 aliphatic rings. The summed E-state index contributed by atoms with van der Waals surface area (Å²) in [5.41, 5.74) is 1.25. The highest BCUT2D eigenvalue weighted by Gasteiger charge is 2.14. The van der Waals surface area contributed by atoms with E-state index in [0.717, 1.165) is 25.9 Å². The van der Waals surface area contributed by atoms with Crippen LogP contribution in [0.3, 0.4) is 0 Å². The molecule has 0 saturated heterocycles. The van der Waals surface area contributed by atoms with Gasteiger partial charge in [-0.25, -0.2) is 4.79 Å². The van der Waals surface area contributed by atoms with Crippen molar-refractivity contribution >= 4 is 17.6 Å². The van der Waals surface area contributed by atoms with E-state index in [1.165, 1.54) is 0 Å². The van der Waals surface area contributed by atoms with Gasteiger partial charge in [0.1, 0.15) is 0 Å². The fraction of sp³-hybridized carbons (Fsp3) is 0.529. The Hall–Kier alpha value is -2.08. The zero-order valence-electron chi connectivity index (χ0n) is 14.0. The Kier molecular flexibility index (Phi) is 8.75. The molecule has 0 radical (unpaired) electrons. The molecule has 0 atom stereocenters. The molecule has 1 rings (SSSR count). The van der Waals surface area contributed by atoms with E-state index in [-0.39, 0.29) is 18.5 Å². The molecule has 0 bridgehead atoms. The summed E-state index contributed by atoms with van der Waals surface area (Å²) in [6, 6.07) is 6.56. The predicted octanol–water partition coefficient (Wildman–Crippen LogP) is 2.45. The molecule has 0 heterocycles. The zero-order chi connectivity index (χ0) is 17.1. The van der Waals surface area contributed by atoms with Crippen molar-refractivity contribution in [1.29, 1.82) is 0 Å². The summed E-state index contributed by atoms with van der Waals surface area (Å²) < 4.78 is 0. The van der Waals surface area contributed by atoms with Gasteiger partial charge in [0.2, 0.25) is 0 Å². The molecule has 0 unspecified atom stereocenters. The molecule has 0 fully saturated rings. The van der Waals surface area contributed by atoms with Crippen molar-refractivity contribution < 1.29 is 14.7 Å². The Morgan fingerprint density at radius 3 is 2.22 bits per heavy atom. The topological polar surface area (TPSA) is 81.7 Å². The molecule has 0 aromatic heterocycles. The normalized spacial score (nSPS) is 10.2. The number of aliphatic hydroxyl groups excluding tert-OH is 1. The van der Waals surface area contributed by atoms with Crippen LogP contribution in [0.2, 0.25) is 0 Å². The molecule has 6 heteroatoms. The number of benzene rings is 1. The van der Waals surface area contributed by atoms with Crippen LogP contribution in [0, 0.1) is 0 Å². The van der Waals surface area contributed by atoms with Crippen LogP contribution in [-0.4, -0.2) is 48.2 Å². The lowest BCUT2D eigenvalue weighted by Gasteiger charge is -2.21. The van der Waals surface area contributed by atoms with Crippen molar-refractivity contribution in [1.82, 2.24) is 10.2 Å². The first-order valence-corrected chi connectivity index (χ1v) is 8.17. The first-order chi connectivity index (χ1) is 11.1. The Morgan fingerprint density at radius 2 is 1.70 bits per heavy atom. The van der Waals surface area contributed by atoms with Gasteiger partial charge in [-0.05, 0) is 43.5 Å². The van der Waals surface area contributed by atoms with Crippen LogP contribution in [0.5, 0.6) is 0 Å². The molecule has 6 nitrogen and oxygen atoms in total. The third kappa shape index (κ3) is 6.69. The number of carbonyl (C=O) groups is 2. The van der Waals surface area contributed by atoms with E-state index in [2.05, 4.69) is 24.5 Å². The smallest absolute Gasteiger partial charge is 0.319 e. The molecule has 1 aromatic rings. The molecule has 1 aromatic carbocycles. The van der Waals surface area contributed by atoms with Crippen LogP contribution in [0.15, 0.2) is 24.3 Å². The maximum Gasteiger partial charge on any atom is 0.319 e. The second-order valence-corrected chi connectivity index (χ2v) is 5.33. The molecular weight excluding hydrogens is 294 g/mol. The Morgan fingerprint density at radius 1 is 1.09 bits per heavy atom. The van der Waals surface area contributed by atoms with E-state index >= 15 is 0 Å². The van der Waals surface area contributed by atoms with Gasteiger partial charge in [-0.3, -0.25) is 4.79 Å².